The smallest absolute Gasteiger partial charge is 0.321 e. The van der Waals surface area contributed by atoms with Crippen molar-refractivity contribution in [2.75, 3.05) is 11.1 Å². The molecular weight excluding hydrogens is 450 g/mol. The maximum atomic E-state index is 11.9. The molecule has 1 aliphatic rings. The minimum absolute atomic E-state index is 0.115. The van der Waals surface area contributed by atoms with Crippen molar-refractivity contribution in [2.24, 2.45) is 0 Å². The van der Waals surface area contributed by atoms with E-state index in [1.807, 2.05) is 24.3 Å². The van der Waals surface area contributed by atoms with E-state index in [1.165, 1.54) is 29.5 Å². The lowest BCUT2D eigenvalue weighted by Crippen LogP contribution is -2.45. The van der Waals surface area contributed by atoms with Gasteiger partial charge in [0, 0.05) is 16.2 Å². The number of hydrogen-bond donors (Lipinski definition) is 3. The number of thioether (sulfide) groups is 1. The third-order valence-corrected chi connectivity index (χ3v) is 6.47. The number of nitrogens with one attached hydrogen (secondary N) is 3. The van der Waals surface area contributed by atoms with Gasteiger partial charge >= 0.3 is 6.03 Å². The number of amides is 3. The van der Waals surface area contributed by atoms with E-state index in [2.05, 4.69) is 42.1 Å². The largest absolute Gasteiger partial charge is 0.335 e. The summed E-state index contributed by atoms with van der Waals surface area (Å²) in [5.41, 5.74) is 0.897. The Morgan fingerprint density at radius 1 is 1.22 bits per heavy atom. The van der Waals surface area contributed by atoms with Crippen LogP contribution in [-0.4, -0.2) is 33.9 Å². The fourth-order valence-corrected chi connectivity index (χ4v) is 4.74. The summed E-state index contributed by atoms with van der Waals surface area (Å²) in [7, 11) is 0. The van der Waals surface area contributed by atoms with Gasteiger partial charge in [-0.15, -0.1) is 10.2 Å². The summed E-state index contributed by atoms with van der Waals surface area (Å²) >= 11 is 6.03. The second-order valence-corrected chi connectivity index (χ2v) is 9.27. The first-order chi connectivity index (χ1) is 13.1. The number of imide groups is 1. The van der Waals surface area contributed by atoms with E-state index in [0.29, 0.717) is 9.47 Å². The summed E-state index contributed by atoms with van der Waals surface area (Å²) in [6.45, 7) is 0. The van der Waals surface area contributed by atoms with E-state index >= 15 is 0 Å². The van der Waals surface area contributed by atoms with Crippen LogP contribution in [0.25, 0.3) is 0 Å². The molecule has 1 fully saturated rings. The van der Waals surface area contributed by atoms with Crippen LogP contribution < -0.4 is 16.0 Å². The van der Waals surface area contributed by atoms with Gasteiger partial charge < -0.3 is 10.6 Å². The monoisotopic (exact) mass is 469 g/mol. The minimum atomic E-state index is -0.415. The van der Waals surface area contributed by atoms with Crippen LogP contribution in [0.2, 0.25) is 0 Å². The second kappa shape index (κ2) is 10.0. The number of nitrogens with zero attached hydrogens (tertiary/aromatic N) is 2. The summed E-state index contributed by atoms with van der Waals surface area (Å²) < 4.78 is 1.63. The van der Waals surface area contributed by atoms with Crippen molar-refractivity contribution < 1.29 is 9.59 Å². The number of carbonyl (C=O) groups is 2. The van der Waals surface area contributed by atoms with Crippen LogP contribution in [0.1, 0.15) is 32.1 Å². The Morgan fingerprint density at radius 3 is 2.81 bits per heavy atom. The zero-order valence-electron chi connectivity index (χ0n) is 14.5. The maximum absolute atomic E-state index is 11.9. The summed E-state index contributed by atoms with van der Waals surface area (Å²) in [4.78, 5) is 23.8. The molecule has 1 aromatic carbocycles. The second-order valence-electron chi connectivity index (χ2n) is 6.15. The molecule has 0 spiro atoms. The highest BCUT2D eigenvalue weighted by Crippen LogP contribution is 2.28. The van der Waals surface area contributed by atoms with Gasteiger partial charge in [-0.05, 0) is 31.0 Å². The molecule has 1 heterocycles. The van der Waals surface area contributed by atoms with Gasteiger partial charge in [0.05, 0.1) is 5.75 Å². The van der Waals surface area contributed by atoms with Crippen LogP contribution in [-0.2, 0) is 4.79 Å². The van der Waals surface area contributed by atoms with Gasteiger partial charge in [-0.25, -0.2) is 4.79 Å². The van der Waals surface area contributed by atoms with Crippen LogP contribution in [0, 0.1) is 0 Å². The highest BCUT2D eigenvalue weighted by Gasteiger charge is 2.17. The van der Waals surface area contributed by atoms with Gasteiger partial charge in [0.25, 0.3) is 0 Å². The number of halogens is 1. The lowest BCUT2D eigenvalue weighted by Gasteiger charge is -2.22. The molecule has 7 nitrogen and oxygen atoms in total. The molecule has 0 aliphatic heterocycles. The van der Waals surface area contributed by atoms with E-state index in [4.69, 9.17) is 0 Å². The molecular formula is C17H20BrN5O2S2. The van der Waals surface area contributed by atoms with Gasteiger partial charge in [0.2, 0.25) is 11.0 Å². The molecule has 0 bridgehead atoms. The van der Waals surface area contributed by atoms with E-state index in [-0.39, 0.29) is 17.7 Å². The third-order valence-electron chi connectivity index (χ3n) is 4.00. The van der Waals surface area contributed by atoms with Crippen molar-refractivity contribution in [2.45, 2.75) is 42.5 Å². The number of carbonyl (C=O) groups excluding carboxylic acids is 2. The minimum Gasteiger partial charge on any atom is -0.335 e. The van der Waals surface area contributed by atoms with Crippen molar-refractivity contribution in [3.05, 3.63) is 28.7 Å². The number of rotatable bonds is 6. The molecule has 2 aromatic rings. The summed E-state index contributed by atoms with van der Waals surface area (Å²) in [5.74, 6) is -0.228. The standard InChI is InChI=1S/C17H20BrN5O2S2/c18-11-5-4-8-13(9-11)20-16-22-23-17(27-16)26-10-14(24)21-15(25)19-12-6-2-1-3-7-12/h4-5,8-9,12H,1-3,6-7,10H2,(H,20,22)(H2,19,21,24,25). The molecule has 0 atom stereocenters. The topological polar surface area (TPSA) is 96.0 Å². The average Bonchev–Trinajstić information content (AvgIpc) is 3.08. The molecule has 3 N–H and O–H groups in total. The Hall–Kier alpha value is -1.65. The lowest BCUT2D eigenvalue weighted by molar-refractivity contribution is -0.117. The van der Waals surface area contributed by atoms with Crippen LogP contribution in [0.5, 0.6) is 0 Å². The molecule has 1 aromatic heterocycles. The average molecular weight is 470 g/mol. The van der Waals surface area contributed by atoms with Crippen molar-refractivity contribution in [1.29, 1.82) is 0 Å². The fraction of sp³-hybridized carbons (Fsp3) is 0.412. The Morgan fingerprint density at radius 2 is 2.04 bits per heavy atom. The summed E-state index contributed by atoms with van der Waals surface area (Å²) in [6.07, 6.45) is 5.43. The number of benzene rings is 1. The van der Waals surface area contributed by atoms with Crippen LogP contribution in [0.15, 0.2) is 33.1 Å². The predicted octanol–water partition coefficient (Wildman–Crippen LogP) is 4.29. The Bertz CT molecular complexity index is 795. The summed E-state index contributed by atoms with van der Waals surface area (Å²) in [5, 5.41) is 17.2. The van der Waals surface area contributed by atoms with Gasteiger partial charge in [-0.2, -0.15) is 0 Å². The highest BCUT2D eigenvalue weighted by molar-refractivity contribution is 9.10. The molecule has 0 saturated heterocycles. The zero-order chi connectivity index (χ0) is 19.1. The van der Waals surface area contributed by atoms with Crippen molar-refractivity contribution in [1.82, 2.24) is 20.8 Å². The molecule has 27 heavy (non-hydrogen) atoms. The van der Waals surface area contributed by atoms with E-state index in [0.717, 1.165) is 35.8 Å². The molecule has 1 aliphatic carbocycles. The van der Waals surface area contributed by atoms with Gasteiger partial charge in [0.1, 0.15) is 0 Å². The van der Waals surface area contributed by atoms with Crippen LogP contribution in [0.3, 0.4) is 0 Å². The normalized spacial score (nSPS) is 14.6. The number of urea groups is 1. The maximum Gasteiger partial charge on any atom is 0.321 e. The summed E-state index contributed by atoms with van der Waals surface area (Å²) in [6, 6.07) is 7.49. The first-order valence-corrected chi connectivity index (χ1v) is 11.3. The van der Waals surface area contributed by atoms with Crippen molar-refractivity contribution in [3.63, 3.8) is 0 Å². The number of aromatic nitrogens is 2. The molecule has 10 heteroatoms. The van der Waals surface area contributed by atoms with E-state index in [9.17, 15) is 9.59 Å². The first kappa shape index (κ1) is 20.1. The molecule has 144 valence electrons. The number of anilines is 2. The quantitative estimate of drug-likeness (QED) is 0.545. The fourth-order valence-electron chi connectivity index (χ4n) is 2.77. The van der Waals surface area contributed by atoms with Gasteiger partial charge in [-0.1, -0.05) is 64.4 Å². The lowest BCUT2D eigenvalue weighted by atomic mass is 9.96. The molecule has 3 rings (SSSR count). The van der Waals surface area contributed by atoms with Crippen molar-refractivity contribution >= 4 is 61.8 Å². The van der Waals surface area contributed by atoms with Crippen LogP contribution >= 0.6 is 39.0 Å². The Labute approximate surface area is 174 Å². The van der Waals surface area contributed by atoms with Crippen molar-refractivity contribution in [3.8, 4) is 0 Å². The third kappa shape index (κ3) is 6.78. The van der Waals surface area contributed by atoms with E-state index < -0.39 is 6.03 Å². The van der Waals surface area contributed by atoms with Gasteiger partial charge in [-0.3, -0.25) is 10.1 Å². The predicted molar refractivity (Wildman–Crippen MR) is 112 cm³/mol. The number of hydrogen-bond acceptors (Lipinski definition) is 7. The van der Waals surface area contributed by atoms with Crippen LogP contribution in [0.4, 0.5) is 15.6 Å². The Kier molecular flexibility index (Phi) is 7.48. The SMILES string of the molecule is O=C(CSc1nnc(Nc2cccc(Br)c2)s1)NC(=O)NC1CCCCC1. The molecule has 1 saturated carbocycles. The Balaban J connectivity index is 1.41. The van der Waals surface area contributed by atoms with Gasteiger partial charge in [0.15, 0.2) is 4.34 Å². The highest BCUT2D eigenvalue weighted by atomic mass is 79.9. The zero-order valence-corrected chi connectivity index (χ0v) is 17.8. The molecule has 3 amide bonds. The van der Waals surface area contributed by atoms with E-state index in [1.54, 1.807) is 0 Å². The first-order valence-electron chi connectivity index (χ1n) is 8.68. The molecule has 0 unspecified atom stereocenters. The molecule has 0 radical (unpaired) electrons.